The van der Waals surface area contributed by atoms with E-state index < -0.39 is 24.1 Å². The molecule has 2 heterocycles. The molecule has 0 bridgehead atoms. The van der Waals surface area contributed by atoms with E-state index in [1.54, 1.807) is 18.2 Å². The van der Waals surface area contributed by atoms with E-state index in [0.717, 1.165) is 31.2 Å². The van der Waals surface area contributed by atoms with Crippen LogP contribution in [0.5, 0.6) is 0 Å². The zero-order valence-electron chi connectivity index (χ0n) is 17.7. The van der Waals surface area contributed by atoms with Gasteiger partial charge in [-0.3, -0.25) is 9.59 Å². The zero-order chi connectivity index (χ0) is 22.2. The van der Waals surface area contributed by atoms with Crippen molar-refractivity contribution in [3.05, 3.63) is 23.8 Å². The van der Waals surface area contributed by atoms with E-state index in [1.807, 2.05) is 6.92 Å². The molecule has 0 unspecified atom stereocenters. The number of hydrogen-bond donors (Lipinski definition) is 6. The van der Waals surface area contributed by atoms with Crippen LogP contribution in [0.2, 0.25) is 0 Å². The first-order valence-electron chi connectivity index (χ1n) is 10.7. The Bertz CT molecular complexity index is 843. The third kappa shape index (κ3) is 6.59. The molecular formula is C21H30N6O4. The second kappa shape index (κ2) is 10.6. The van der Waals surface area contributed by atoms with Crippen LogP contribution in [-0.2, 0) is 9.59 Å². The Morgan fingerprint density at radius 3 is 1.97 bits per heavy atom. The molecule has 10 nitrogen and oxygen atoms in total. The molecule has 6 N–H and O–H groups in total. The average molecular weight is 431 g/mol. The van der Waals surface area contributed by atoms with Gasteiger partial charge in [0.25, 0.3) is 0 Å². The Kier molecular flexibility index (Phi) is 7.69. The molecule has 10 heteroatoms. The van der Waals surface area contributed by atoms with Crippen LogP contribution in [0.3, 0.4) is 0 Å². The third-order valence-corrected chi connectivity index (χ3v) is 5.42. The zero-order valence-corrected chi connectivity index (χ0v) is 17.7. The third-order valence-electron chi connectivity index (χ3n) is 5.42. The predicted molar refractivity (Wildman–Crippen MR) is 117 cm³/mol. The summed E-state index contributed by atoms with van der Waals surface area (Å²) in [6.07, 6.45) is 4.68. The van der Waals surface area contributed by atoms with Gasteiger partial charge in [-0.15, -0.1) is 0 Å². The van der Waals surface area contributed by atoms with E-state index in [0.29, 0.717) is 37.3 Å². The number of urea groups is 2. The van der Waals surface area contributed by atoms with Gasteiger partial charge in [0.05, 0.1) is 0 Å². The summed E-state index contributed by atoms with van der Waals surface area (Å²) in [6, 6.07) is 3.00. The highest BCUT2D eigenvalue weighted by Gasteiger charge is 2.23. The monoisotopic (exact) mass is 430 g/mol. The van der Waals surface area contributed by atoms with Gasteiger partial charge in [-0.2, -0.15) is 0 Å². The van der Waals surface area contributed by atoms with Gasteiger partial charge in [-0.05, 0) is 63.1 Å². The number of carbonyl (C=O) groups excluding carboxylic acids is 4. The van der Waals surface area contributed by atoms with Crippen LogP contribution >= 0.6 is 0 Å². The second-order valence-electron chi connectivity index (χ2n) is 7.91. The fourth-order valence-corrected chi connectivity index (χ4v) is 3.63. The van der Waals surface area contributed by atoms with Crippen molar-refractivity contribution >= 4 is 35.3 Å². The van der Waals surface area contributed by atoms with Crippen LogP contribution in [0.15, 0.2) is 18.2 Å². The first kappa shape index (κ1) is 22.4. The molecule has 0 aliphatic carbocycles. The molecule has 2 aliphatic rings. The summed E-state index contributed by atoms with van der Waals surface area (Å²) in [5, 5.41) is 16.4. The smallest absolute Gasteiger partial charge is 0.319 e. The van der Waals surface area contributed by atoms with Crippen LogP contribution in [0.4, 0.5) is 21.0 Å². The molecule has 31 heavy (non-hydrogen) atoms. The molecule has 0 radical (unpaired) electrons. The number of benzene rings is 1. The van der Waals surface area contributed by atoms with Crippen molar-refractivity contribution in [3.8, 4) is 0 Å². The maximum absolute atomic E-state index is 12.4. The summed E-state index contributed by atoms with van der Waals surface area (Å²) in [6.45, 7) is 3.07. The Labute approximate surface area is 181 Å². The van der Waals surface area contributed by atoms with Gasteiger partial charge >= 0.3 is 12.1 Å². The molecule has 2 aliphatic heterocycles. The van der Waals surface area contributed by atoms with E-state index in [1.165, 1.54) is 0 Å². The van der Waals surface area contributed by atoms with Crippen molar-refractivity contribution in [2.24, 2.45) is 0 Å². The van der Waals surface area contributed by atoms with Crippen molar-refractivity contribution in [1.29, 1.82) is 0 Å². The Morgan fingerprint density at radius 1 is 0.839 bits per heavy atom. The van der Waals surface area contributed by atoms with Crippen molar-refractivity contribution < 1.29 is 19.2 Å². The Balaban J connectivity index is 1.57. The van der Waals surface area contributed by atoms with Gasteiger partial charge in [-0.25, -0.2) is 9.59 Å². The number of nitrogens with one attached hydrogen (secondary N) is 6. The standard InChI is InChI=1S/C21H30N6O4/c1-13-8-9-14(24-20(30)25-15-6-2-4-10-22-18(15)28)12-17(13)27-21(31)26-16-7-3-5-11-23-19(16)29/h8-9,12,15-16H,2-7,10-11H2,1H3,(H,22,28)(H,23,29)(H2,24,25,30)(H2,26,27,31)/t15-,16-/m1/s1. The van der Waals surface area contributed by atoms with Gasteiger partial charge in [0.1, 0.15) is 12.1 Å². The first-order chi connectivity index (χ1) is 14.9. The summed E-state index contributed by atoms with van der Waals surface area (Å²) < 4.78 is 0. The maximum Gasteiger partial charge on any atom is 0.319 e. The maximum atomic E-state index is 12.4. The molecule has 1 aromatic rings. The lowest BCUT2D eigenvalue weighted by molar-refractivity contribution is -0.123. The highest BCUT2D eigenvalue weighted by Crippen LogP contribution is 2.20. The van der Waals surface area contributed by atoms with Crippen molar-refractivity contribution in [2.45, 2.75) is 57.5 Å². The number of carbonyl (C=O) groups is 4. The molecule has 168 valence electrons. The Morgan fingerprint density at radius 2 is 1.39 bits per heavy atom. The molecule has 3 rings (SSSR count). The highest BCUT2D eigenvalue weighted by molar-refractivity contribution is 5.97. The van der Waals surface area contributed by atoms with Crippen LogP contribution in [-0.4, -0.2) is 49.0 Å². The van der Waals surface area contributed by atoms with Gasteiger partial charge in [-0.1, -0.05) is 6.07 Å². The minimum atomic E-state index is -0.569. The van der Waals surface area contributed by atoms with Crippen LogP contribution in [0, 0.1) is 6.92 Å². The van der Waals surface area contributed by atoms with Crippen molar-refractivity contribution in [2.75, 3.05) is 23.7 Å². The summed E-state index contributed by atoms with van der Waals surface area (Å²) in [7, 11) is 0. The quantitative estimate of drug-likeness (QED) is 0.431. The summed E-state index contributed by atoms with van der Waals surface area (Å²) in [4.78, 5) is 48.8. The van der Waals surface area contributed by atoms with E-state index in [9.17, 15) is 19.2 Å². The minimum Gasteiger partial charge on any atom is -0.354 e. The normalized spacial score (nSPS) is 21.6. The minimum absolute atomic E-state index is 0.181. The fourth-order valence-electron chi connectivity index (χ4n) is 3.63. The number of aryl methyl sites for hydroxylation is 1. The molecule has 1 aromatic carbocycles. The lowest BCUT2D eigenvalue weighted by Gasteiger charge is -2.18. The number of rotatable bonds is 4. The molecular weight excluding hydrogens is 400 g/mol. The molecule has 0 spiro atoms. The summed E-state index contributed by atoms with van der Waals surface area (Å²) >= 11 is 0. The SMILES string of the molecule is Cc1ccc(NC(=O)N[C@@H]2CCCCNC2=O)cc1NC(=O)N[C@@H]1CCCCNC1=O. The molecule has 2 fully saturated rings. The van der Waals surface area contributed by atoms with Gasteiger partial charge in [0.15, 0.2) is 0 Å². The fraction of sp³-hybridized carbons (Fsp3) is 0.524. The van der Waals surface area contributed by atoms with Gasteiger partial charge < -0.3 is 31.9 Å². The topological polar surface area (TPSA) is 140 Å². The predicted octanol–water partition coefficient (Wildman–Crippen LogP) is 1.58. The second-order valence-corrected chi connectivity index (χ2v) is 7.91. The van der Waals surface area contributed by atoms with E-state index >= 15 is 0 Å². The summed E-state index contributed by atoms with van der Waals surface area (Å²) in [5.41, 5.74) is 1.78. The largest absolute Gasteiger partial charge is 0.354 e. The number of hydrogen-bond acceptors (Lipinski definition) is 4. The lowest BCUT2D eigenvalue weighted by atomic mass is 10.1. The van der Waals surface area contributed by atoms with Gasteiger partial charge in [0, 0.05) is 24.5 Å². The molecule has 2 atom stereocenters. The van der Waals surface area contributed by atoms with E-state index in [2.05, 4.69) is 31.9 Å². The van der Waals surface area contributed by atoms with E-state index in [4.69, 9.17) is 0 Å². The lowest BCUT2D eigenvalue weighted by Crippen LogP contribution is -2.47. The van der Waals surface area contributed by atoms with Crippen LogP contribution in [0.25, 0.3) is 0 Å². The summed E-state index contributed by atoms with van der Waals surface area (Å²) in [5.74, 6) is -0.364. The van der Waals surface area contributed by atoms with Crippen LogP contribution in [0.1, 0.15) is 44.1 Å². The highest BCUT2D eigenvalue weighted by atomic mass is 16.2. The number of anilines is 2. The van der Waals surface area contributed by atoms with Gasteiger partial charge in [0.2, 0.25) is 11.8 Å². The van der Waals surface area contributed by atoms with Crippen molar-refractivity contribution in [3.63, 3.8) is 0 Å². The van der Waals surface area contributed by atoms with Crippen molar-refractivity contribution in [1.82, 2.24) is 21.3 Å². The molecule has 0 saturated carbocycles. The molecule has 0 aromatic heterocycles. The number of amides is 6. The van der Waals surface area contributed by atoms with E-state index in [-0.39, 0.29) is 11.8 Å². The first-order valence-corrected chi connectivity index (χ1v) is 10.7. The van der Waals surface area contributed by atoms with Crippen LogP contribution < -0.4 is 31.9 Å². The average Bonchev–Trinajstić information content (AvgIpc) is 3.05. The Hall–Kier alpha value is -3.30. The molecule has 6 amide bonds. The molecule has 2 saturated heterocycles.